The van der Waals surface area contributed by atoms with Crippen molar-refractivity contribution < 1.29 is 23.9 Å². The molecular weight excluding hydrogens is 298 g/mol. The summed E-state index contributed by atoms with van der Waals surface area (Å²) in [5.74, 6) is -1.67. The molecule has 3 rings (SSSR count). The number of esters is 2. The van der Waals surface area contributed by atoms with Crippen LogP contribution in [0.15, 0.2) is 24.3 Å². The zero-order valence-electron chi connectivity index (χ0n) is 13.3. The van der Waals surface area contributed by atoms with E-state index < -0.39 is 35.5 Å². The number of carbonyl (C=O) groups is 3. The van der Waals surface area contributed by atoms with Gasteiger partial charge in [0.15, 0.2) is 5.78 Å². The number of ketones is 1. The van der Waals surface area contributed by atoms with Gasteiger partial charge in [-0.3, -0.25) is 9.59 Å². The number of ether oxygens (including phenoxy) is 2. The van der Waals surface area contributed by atoms with E-state index in [0.29, 0.717) is 6.42 Å². The van der Waals surface area contributed by atoms with Crippen LogP contribution in [0, 0.1) is 23.2 Å². The third kappa shape index (κ3) is 2.16. The molecule has 1 saturated carbocycles. The maximum absolute atomic E-state index is 12.6. The molecule has 6 atom stereocenters. The van der Waals surface area contributed by atoms with Gasteiger partial charge in [0.05, 0.1) is 17.9 Å². The summed E-state index contributed by atoms with van der Waals surface area (Å²) in [6.45, 7) is 7.34. The van der Waals surface area contributed by atoms with Crippen LogP contribution in [-0.2, 0) is 23.9 Å². The molecule has 0 radical (unpaired) electrons. The monoisotopic (exact) mass is 319 g/mol. The molecule has 0 aromatic heterocycles. The second-order valence-corrected chi connectivity index (χ2v) is 6.85. The maximum Gasteiger partial charge on any atom is 0.334 e. The van der Waals surface area contributed by atoms with Crippen LogP contribution in [0.1, 0.15) is 20.3 Å². The minimum Gasteiger partial charge on any atom is -0.460 e. The van der Waals surface area contributed by atoms with Gasteiger partial charge in [0.25, 0.3) is 0 Å². The molecule has 23 heavy (non-hydrogen) atoms. The van der Waals surface area contributed by atoms with Gasteiger partial charge in [0, 0.05) is 5.57 Å². The van der Waals surface area contributed by atoms with E-state index in [0.717, 1.165) is 0 Å². The Bertz CT molecular complexity index is 624. The second-order valence-electron chi connectivity index (χ2n) is 6.85. The Hall–Kier alpha value is -1.95. The minimum atomic E-state index is -0.930. The molecule has 0 aromatic carbocycles. The zero-order chi connectivity index (χ0) is 16.9. The molecule has 2 aliphatic carbocycles. The number of nitrogens with two attached hydrogens (primary N) is 1. The average molecular weight is 319 g/mol. The fraction of sp³-hybridized carbons (Fsp3) is 0.588. The van der Waals surface area contributed by atoms with Crippen LogP contribution in [0.2, 0.25) is 0 Å². The normalized spacial score (nSPS) is 42.0. The minimum absolute atomic E-state index is 0.0809. The molecular formula is C17H21NO5. The van der Waals surface area contributed by atoms with Gasteiger partial charge in [0.1, 0.15) is 12.2 Å². The van der Waals surface area contributed by atoms with Crippen LogP contribution in [0.5, 0.6) is 0 Å². The van der Waals surface area contributed by atoms with Gasteiger partial charge in [-0.2, -0.15) is 0 Å². The third-order valence-corrected chi connectivity index (χ3v) is 5.56. The lowest BCUT2D eigenvalue weighted by atomic mass is 9.67. The van der Waals surface area contributed by atoms with Crippen molar-refractivity contribution in [1.82, 2.24) is 0 Å². The Kier molecular flexibility index (Phi) is 3.67. The van der Waals surface area contributed by atoms with Crippen LogP contribution in [0.3, 0.4) is 0 Å². The molecule has 6 heteroatoms. The number of hydrogen-bond acceptors (Lipinski definition) is 6. The maximum atomic E-state index is 12.6. The molecule has 6 nitrogen and oxygen atoms in total. The van der Waals surface area contributed by atoms with Gasteiger partial charge >= 0.3 is 11.9 Å². The molecule has 0 bridgehead atoms. The van der Waals surface area contributed by atoms with E-state index in [2.05, 4.69) is 6.58 Å². The molecule has 0 amide bonds. The molecule has 0 aromatic rings. The Morgan fingerprint density at radius 1 is 1.52 bits per heavy atom. The van der Waals surface area contributed by atoms with Crippen LogP contribution in [0.4, 0.5) is 0 Å². The Labute approximate surface area is 134 Å². The first-order valence-corrected chi connectivity index (χ1v) is 7.82. The van der Waals surface area contributed by atoms with E-state index in [1.807, 2.05) is 13.0 Å². The van der Waals surface area contributed by atoms with E-state index >= 15 is 0 Å². The lowest BCUT2D eigenvalue weighted by molar-refractivity contribution is -0.163. The van der Waals surface area contributed by atoms with Crippen LogP contribution in [0.25, 0.3) is 0 Å². The summed E-state index contributed by atoms with van der Waals surface area (Å²) in [6.07, 6.45) is 2.79. The molecule has 2 fully saturated rings. The second kappa shape index (κ2) is 5.30. The van der Waals surface area contributed by atoms with Crippen molar-refractivity contribution in [1.29, 1.82) is 0 Å². The molecule has 3 aliphatic rings. The summed E-state index contributed by atoms with van der Waals surface area (Å²) in [5.41, 5.74) is 4.71. The van der Waals surface area contributed by atoms with Crippen molar-refractivity contribution in [2.24, 2.45) is 28.9 Å². The average Bonchev–Trinajstić information content (AvgIpc) is 2.92. The van der Waals surface area contributed by atoms with Gasteiger partial charge in [-0.1, -0.05) is 19.6 Å². The van der Waals surface area contributed by atoms with Crippen molar-refractivity contribution in [2.75, 3.05) is 6.54 Å². The standard InChI is InChI=1S/C17H21NO5/c1-8-6-11-14(9(2)16(21)22-11)15(23-13(20)7-18)17(3)10(8)4-5-12(17)19/h4-5,8,10-11,14-15H,2,6-7,18H2,1,3H3/t8-,10+,11-,14-,15+,17+/m1/s1. The summed E-state index contributed by atoms with van der Waals surface area (Å²) in [6, 6.07) is 0. The SMILES string of the molecule is C=C1C(=O)O[C@@H]2C[C@@H](C)[C@@H]3C=CC(=O)[C@@]3(C)[C@@H](OC(=O)CN)[C@H]12. The number of rotatable bonds is 2. The van der Waals surface area contributed by atoms with E-state index in [1.165, 1.54) is 0 Å². The first kappa shape index (κ1) is 15.9. The Balaban J connectivity index is 2.10. The lowest BCUT2D eigenvalue weighted by Crippen LogP contribution is -2.50. The van der Waals surface area contributed by atoms with Crippen molar-refractivity contribution in [3.63, 3.8) is 0 Å². The third-order valence-electron chi connectivity index (χ3n) is 5.56. The highest BCUT2D eigenvalue weighted by atomic mass is 16.6. The first-order valence-electron chi connectivity index (χ1n) is 7.82. The van der Waals surface area contributed by atoms with Crippen molar-refractivity contribution in [2.45, 2.75) is 32.5 Å². The van der Waals surface area contributed by atoms with Gasteiger partial charge in [-0.05, 0) is 31.3 Å². The summed E-state index contributed by atoms with van der Waals surface area (Å²) in [7, 11) is 0. The Morgan fingerprint density at radius 2 is 2.22 bits per heavy atom. The van der Waals surface area contributed by atoms with E-state index in [1.54, 1.807) is 13.0 Å². The van der Waals surface area contributed by atoms with E-state index in [9.17, 15) is 14.4 Å². The molecule has 1 heterocycles. The fourth-order valence-corrected chi connectivity index (χ4v) is 4.34. The quantitative estimate of drug-likeness (QED) is 0.596. The summed E-state index contributed by atoms with van der Waals surface area (Å²) >= 11 is 0. The van der Waals surface area contributed by atoms with Gasteiger partial charge in [-0.15, -0.1) is 0 Å². The van der Waals surface area contributed by atoms with E-state index in [-0.39, 0.29) is 29.7 Å². The van der Waals surface area contributed by atoms with Gasteiger partial charge < -0.3 is 15.2 Å². The first-order chi connectivity index (χ1) is 10.8. The number of carbonyl (C=O) groups excluding carboxylic acids is 3. The number of hydrogen-bond donors (Lipinski definition) is 1. The van der Waals surface area contributed by atoms with Gasteiger partial charge in [0.2, 0.25) is 0 Å². The molecule has 0 spiro atoms. The van der Waals surface area contributed by atoms with Crippen molar-refractivity contribution >= 4 is 17.7 Å². The summed E-state index contributed by atoms with van der Waals surface area (Å²) < 4.78 is 11.0. The molecule has 0 unspecified atom stereocenters. The van der Waals surface area contributed by atoms with Crippen molar-refractivity contribution in [3.05, 3.63) is 24.3 Å². The van der Waals surface area contributed by atoms with Crippen LogP contribution < -0.4 is 5.73 Å². The largest absolute Gasteiger partial charge is 0.460 e. The molecule has 1 saturated heterocycles. The predicted octanol–water partition coefficient (Wildman–Crippen LogP) is 0.756. The summed E-state index contributed by atoms with van der Waals surface area (Å²) in [5, 5.41) is 0. The molecule has 1 aliphatic heterocycles. The number of fused-ring (bicyclic) bond motifs is 2. The fourth-order valence-electron chi connectivity index (χ4n) is 4.34. The highest BCUT2D eigenvalue weighted by molar-refractivity contribution is 5.99. The Morgan fingerprint density at radius 3 is 2.87 bits per heavy atom. The number of allylic oxidation sites excluding steroid dienone is 2. The van der Waals surface area contributed by atoms with Crippen LogP contribution >= 0.6 is 0 Å². The van der Waals surface area contributed by atoms with E-state index in [4.69, 9.17) is 15.2 Å². The molecule has 124 valence electrons. The highest BCUT2D eigenvalue weighted by Crippen LogP contribution is 2.54. The zero-order valence-corrected chi connectivity index (χ0v) is 13.3. The van der Waals surface area contributed by atoms with Crippen LogP contribution in [-0.4, -0.2) is 36.5 Å². The molecule has 2 N–H and O–H groups in total. The topological polar surface area (TPSA) is 95.7 Å². The highest BCUT2D eigenvalue weighted by Gasteiger charge is 2.61. The summed E-state index contributed by atoms with van der Waals surface area (Å²) in [4.78, 5) is 36.4. The van der Waals surface area contributed by atoms with Gasteiger partial charge in [-0.25, -0.2) is 4.79 Å². The smallest absolute Gasteiger partial charge is 0.334 e. The van der Waals surface area contributed by atoms with Crippen molar-refractivity contribution in [3.8, 4) is 0 Å². The predicted molar refractivity (Wildman–Crippen MR) is 81.0 cm³/mol. The lowest BCUT2D eigenvalue weighted by Gasteiger charge is -2.39.